The number of phenolic OH excluding ortho intramolecular Hbond substituents is 1. The number of carbonyl (C=O) groups excluding carboxylic acids is 1. The van der Waals surface area contributed by atoms with Gasteiger partial charge in [0.1, 0.15) is 5.75 Å². The van der Waals surface area contributed by atoms with Crippen molar-refractivity contribution in [3.8, 4) is 5.75 Å². The average molecular weight is 211 g/mol. The van der Waals surface area contributed by atoms with Gasteiger partial charge >= 0.3 is 0 Å². The minimum absolute atomic E-state index is 0.0519. The Morgan fingerprint density at radius 1 is 1.40 bits per heavy atom. The van der Waals surface area contributed by atoms with E-state index in [0.29, 0.717) is 0 Å². The average Bonchev–Trinajstić information content (AvgIpc) is 2.26. The minimum atomic E-state index is -0.986. The maximum Gasteiger partial charge on any atom is 0.255 e. The molecule has 1 atom stereocenters. The van der Waals surface area contributed by atoms with Crippen LogP contribution in [0.1, 0.15) is 10.4 Å². The van der Waals surface area contributed by atoms with Crippen LogP contribution < -0.4 is 5.32 Å². The molecule has 5 heteroatoms. The third kappa shape index (κ3) is 3.23. The van der Waals surface area contributed by atoms with Crippen LogP contribution in [-0.4, -0.2) is 40.5 Å². The van der Waals surface area contributed by atoms with E-state index < -0.39 is 18.6 Å². The normalized spacial score (nSPS) is 12.1. The first kappa shape index (κ1) is 11.5. The zero-order chi connectivity index (χ0) is 11.3. The molecule has 0 saturated carbocycles. The topological polar surface area (TPSA) is 89.8 Å². The highest BCUT2D eigenvalue weighted by atomic mass is 16.3. The number of nitrogens with one attached hydrogen (secondary N) is 1. The number of aromatic hydroxyl groups is 1. The molecule has 1 aromatic rings. The quantitative estimate of drug-likeness (QED) is 0.539. The van der Waals surface area contributed by atoms with Gasteiger partial charge in [-0.2, -0.15) is 0 Å². The number of amides is 1. The first-order chi connectivity index (χ1) is 7.15. The SMILES string of the molecule is O=C(NCC(O)CO)c1ccccc1O. The zero-order valence-electron chi connectivity index (χ0n) is 8.05. The fourth-order valence-corrected chi connectivity index (χ4v) is 1.04. The Balaban J connectivity index is 2.58. The fourth-order valence-electron chi connectivity index (χ4n) is 1.04. The van der Waals surface area contributed by atoms with Crippen molar-refractivity contribution in [3.05, 3.63) is 29.8 Å². The second kappa shape index (κ2) is 5.33. The maximum absolute atomic E-state index is 11.4. The summed E-state index contributed by atoms with van der Waals surface area (Å²) < 4.78 is 0. The monoisotopic (exact) mass is 211 g/mol. The van der Waals surface area contributed by atoms with Crippen LogP contribution in [0, 0.1) is 0 Å². The van der Waals surface area contributed by atoms with Gasteiger partial charge in [0.15, 0.2) is 0 Å². The Hall–Kier alpha value is -1.59. The zero-order valence-corrected chi connectivity index (χ0v) is 8.05. The molecule has 1 aromatic carbocycles. The molecular formula is C10H13NO4. The number of para-hydroxylation sites is 1. The molecule has 0 fully saturated rings. The highest BCUT2D eigenvalue weighted by molar-refractivity contribution is 5.96. The molecule has 1 amide bonds. The summed E-state index contributed by atoms with van der Waals surface area (Å²) in [6.07, 6.45) is -0.986. The van der Waals surface area contributed by atoms with Crippen molar-refractivity contribution in [2.24, 2.45) is 0 Å². The summed E-state index contributed by atoms with van der Waals surface area (Å²) in [4.78, 5) is 11.4. The van der Waals surface area contributed by atoms with Crippen LogP contribution in [0.2, 0.25) is 0 Å². The lowest BCUT2D eigenvalue weighted by atomic mass is 10.2. The van der Waals surface area contributed by atoms with Gasteiger partial charge < -0.3 is 20.6 Å². The van der Waals surface area contributed by atoms with Crippen molar-refractivity contribution in [2.45, 2.75) is 6.10 Å². The van der Waals surface area contributed by atoms with E-state index in [9.17, 15) is 9.90 Å². The van der Waals surface area contributed by atoms with Crippen molar-refractivity contribution in [3.63, 3.8) is 0 Å². The van der Waals surface area contributed by atoms with Gasteiger partial charge in [-0.15, -0.1) is 0 Å². The summed E-state index contributed by atoms with van der Waals surface area (Å²) in [5.74, 6) is -0.603. The van der Waals surface area contributed by atoms with E-state index in [1.807, 2.05) is 0 Å². The molecule has 0 aliphatic rings. The van der Waals surface area contributed by atoms with E-state index in [1.54, 1.807) is 12.1 Å². The second-order valence-electron chi connectivity index (χ2n) is 3.06. The van der Waals surface area contributed by atoms with Gasteiger partial charge in [-0.05, 0) is 12.1 Å². The maximum atomic E-state index is 11.4. The summed E-state index contributed by atoms with van der Waals surface area (Å²) in [5, 5.41) is 29.2. The number of rotatable bonds is 4. The van der Waals surface area contributed by atoms with Gasteiger partial charge in [0.25, 0.3) is 5.91 Å². The summed E-state index contributed by atoms with van der Waals surface area (Å²) >= 11 is 0. The van der Waals surface area contributed by atoms with Gasteiger partial charge in [0.2, 0.25) is 0 Å². The Labute approximate surface area is 87.0 Å². The van der Waals surface area contributed by atoms with Crippen LogP contribution in [-0.2, 0) is 0 Å². The van der Waals surface area contributed by atoms with E-state index in [-0.39, 0.29) is 17.9 Å². The first-order valence-corrected chi connectivity index (χ1v) is 4.50. The molecule has 0 aromatic heterocycles. The molecular weight excluding hydrogens is 198 g/mol. The molecule has 4 N–H and O–H groups in total. The number of aliphatic hydroxyl groups is 2. The van der Waals surface area contributed by atoms with Crippen molar-refractivity contribution in [2.75, 3.05) is 13.2 Å². The van der Waals surface area contributed by atoms with Gasteiger partial charge in [-0.1, -0.05) is 12.1 Å². The number of aliphatic hydroxyl groups excluding tert-OH is 2. The Morgan fingerprint density at radius 2 is 2.07 bits per heavy atom. The fraction of sp³-hybridized carbons (Fsp3) is 0.300. The molecule has 1 unspecified atom stereocenters. The third-order valence-corrected chi connectivity index (χ3v) is 1.86. The highest BCUT2D eigenvalue weighted by Gasteiger charge is 2.11. The lowest BCUT2D eigenvalue weighted by Crippen LogP contribution is -2.33. The first-order valence-electron chi connectivity index (χ1n) is 4.50. The van der Waals surface area contributed by atoms with Gasteiger partial charge in [-0.3, -0.25) is 4.79 Å². The van der Waals surface area contributed by atoms with Crippen LogP contribution in [0.5, 0.6) is 5.75 Å². The summed E-state index contributed by atoms with van der Waals surface area (Å²) in [5.41, 5.74) is 0.141. The molecule has 82 valence electrons. The number of hydrogen-bond acceptors (Lipinski definition) is 4. The molecule has 15 heavy (non-hydrogen) atoms. The molecule has 0 radical (unpaired) electrons. The summed E-state index contributed by atoms with van der Waals surface area (Å²) in [6.45, 7) is -0.468. The Morgan fingerprint density at radius 3 is 2.67 bits per heavy atom. The summed E-state index contributed by atoms with van der Waals surface area (Å²) in [7, 11) is 0. The van der Waals surface area contributed by atoms with E-state index in [1.165, 1.54) is 12.1 Å². The Kier molecular flexibility index (Phi) is 4.08. The molecule has 0 heterocycles. The molecule has 0 aliphatic carbocycles. The van der Waals surface area contributed by atoms with E-state index in [0.717, 1.165) is 0 Å². The van der Waals surface area contributed by atoms with Crippen molar-refractivity contribution >= 4 is 5.91 Å². The van der Waals surface area contributed by atoms with E-state index >= 15 is 0 Å². The predicted molar refractivity (Wildman–Crippen MR) is 53.5 cm³/mol. The van der Waals surface area contributed by atoms with Crippen LogP contribution >= 0.6 is 0 Å². The van der Waals surface area contributed by atoms with Gasteiger partial charge in [0, 0.05) is 6.54 Å². The minimum Gasteiger partial charge on any atom is -0.507 e. The molecule has 0 spiro atoms. The number of benzene rings is 1. The van der Waals surface area contributed by atoms with Crippen LogP contribution in [0.4, 0.5) is 0 Å². The third-order valence-electron chi connectivity index (χ3n) is 1.86. The smallest absolute Gasteiger partial charge is 0.255 e. The van der Waals surface area contributed by atoms with Gasteiger partial charge in [0.05, 0.1) is 18.3 Å². The van der Waals surface area contributed by atoms with Crippen molar-refractivity contribution in [1.82, 2.24) is 5.32 Å². The number of hydrogen-bond donors (Lipinski definition) is 4. The molecule has 0 bridgehead atoms. The molecule has 0 saturated heterocycles. The van der Waals surface area contributed by atoms with E-state index in [4.69, 9.17) is 10.2 Å². The number of phenols is 1. The number of carbonyl (C=O) groups is 1. The van der Waals surface area contributed by atoms with E-state index in [2.05, 4.69) is 5.32 Å². The van der Waals surface area contributed by atoms with Crippen LogP contribution in [0.15, 0.2) is 24.3 Å². The lowest BCUT2D eigenvalue weighted by molar-refractivity contribution is 0.0800. The Bertz CT molecular complexity index is 340. The second-order valence-corrected chi connectivity index (χ2v) is 3.06. The molecule has 5 nitrogen and oxygen atoms in total. The van der Waals surface area contributed by atoms with Gasteiger partial charge in [-0.25, -0.2) is 0 Å². The lowest BCUT2D eigenvalue weighted by Gasteiger charge is -2.09. The molecule has 0 aliphatic heterocycles. The molecule has 1 rings (SSSR count). The van der Waals surface area contributed by atoms with Crippen molar-refractivity contribution < 1.29 is 20.1 Å². The van der Waals surface area contributed by atoms with Crippen molar-refractivity contribution in [1.29, 1.82) is 0 Å². The largest absolute Gasteiger partial charge is 0.507 e. The summed E-state index contributed by atoms with van der Waals surface area (Å²) in [6, 6.07) is 6.10. The van der Waals surface area contributed by atoms with Crippen LogP contribution in [0.25, 0.3) is 0 Å². The highest BCUT2D eigenvalue weighted by Crippen LogP contribution is 2.14. The van der Waals surface area contributed by atoms with Crippen LogP contribution in [0.3, 0.4) is 0 Å². The predicted octanol–water partition coefficient (Wildman–Crippen LogP) is -0.525. The standard InChI is InChI=1S/C10H13NO4/c12-6-7(13)5-11-10(15)8-3-1-2-4-9(8)14/h1-4,7,12-14H,5-6H2,(H,11,15).